The Labute approximate surface area is 151 Å². The molecule has 0 bridgehead atoms. The quantitative estimate of drug-likeness (QED) is 0.714. The zero-order valence-electron chi connectivity index (χ0n) is 14.0. The topological polar surface area (TPSA) is 67.2 Å². The maximum absolute atomic E-state index is 12.9. The van der Waals surface area contributed by atoms with Crippen LogP contribution in [0.2, 0.25) is 0 Å². The number of carbonyl (C=O) groups excluding carboxylic acids is 1. The van der Waals surface area contributed by atoms with Gasteiger partial charge in [-0.1, -0.05) is 13.8 Å². The second-order valence-electron chi connectivity index (χ2n) is 5.97. The number of rotatable bonds is 3. The number of hydrogen-bond acceptors (Lipinski definition) is 3. The van der Waals surface area contributed by atoms with Crippen molar-refractivity contribution in [3.05, 3.63) is 39.1 Å². The van der Waals surface area contributed by atoms with Crippen molar-refractivity contribution in [3.8, 4) is 5.75 Å². The number of alkyl halides is 3. The van der Waals surface area contributed by atoms with Gasteiger partial charge in [-0.05, 0) is 52.0 Å². The van der Waals surface area contributed by atoms with E-state index in [9.17, 15) is 23.1 Å². The first-order valence-corrected chi connectivity index (χ1v) is 8.17. The summed E-state index contributed by atoms with van der Waals surface area (Å²) < 4.78 is 39.2. The first kappa shape index (κ1) is 19.3. The van der Waals surface area contributed by atoms with Gasteiger partial charge in [-0.3, -0.25) is 9.48 Å². The molecule has 5 nitrogen and oxygen atoms in total. The Morgan fingerprint density at radius 2 is 1.96 bits per heavy atom. The van der Waals surface area contributed by atoms with E-state index in [1.807, 2.05) is 13.8 Å². The average Bonchev–Trinajstić information content (AvgIpc) is 2.76. The summed E-state index contributed by atoms with van der Waals surface area (Å²) in [5, 5.41) is 15.9. The number of halogens is 4. The minimum Gasteiger partial charge on any atom is -0.508 e. The summed E-state index contributed by atoms with van der Waals surface area (Å²) in [6, 6.07) is 3.12. The van der Waals surface area contributed by atoms with Gasteiger partial charge in [0.1, 0.15) is 11.4 Å². The summed E-state index contributed by atoms with van der Waals surface area (Å²) >= 11 is 2.82. The Morgan fingerprint density at radius 1 is 1.36 bits per heavy atom. The van der Waals surface area contributed by atoms with E-state index in [1.165, 1.54) is 13.1 Å². The van der Waals surface area contributed by atoms with Crippen LogP contribution in [-0.2, 0) is 13.2 Å². The number of hydrogen-bond donors (Lipinski definition) is 2. The van der Waals surface area contributed by atoms with E-state index in [4.69, 9.17) is 0 Å². The van der Waals surface area contributed by atoms with Gasteiger partial charge >= 0.3 is 6.18 Å². The highest BCUT2D eigenvalue weighted by molar-refractivity contribution is 9.10. The van der Waals surface area contributed by atoms with E-state index in [1.54, 1.807) is 13.0 Å². The van der Waals surface area contributed by atoms with Gasteiger partial charge < -0.3 is 10.4 Å². The van der Waals surface area contributed by atoms with Crippen molar-refractivity contribution >= 4 is 27.5 Å². The van der Waals surface area contributed by atoms with Crippen molar-refractivity contribution in [1.29, 1.82) is 0 Å². The first-order chi connectivity index (χ1) is 11.4. The third-order valence-corrected chi connectivity index (χ3v) is 4.47. The van der Waals surface area contributed by atoms with E-state index in [-0.39, 0.29) is 17.4 Å². The molecule has 0 atom stereocenters. The molecule has 1 aromatic heterocycles. The van der Waals surface area contributed by atoms with E-state index in [0.29, 0.717) is 16.8 Å². The molecule has 1 heterocycles. The summed E-state index contributed by atoms with van der Waals surface area (Å²) in [6.45, 7) is 5.44. The minimum atomic E-state index is -4.67. The Bertz CT molecular complexity index is 829. The van der Waals surface area contributed by atoms with Crippen LogP contribution in [-0.4, -0.2) is 20.8 Å². The molecule has 136 valence electrons. The number of phenols is 1. The molecule has 2 aromatic rings. The molecule has 0 saturated heterocycles. The van der Waals surface area contributed by atoms with Gasteiger partial charge in [-0.25, -0.2) is 0 Å². The van der Waals surface area contributed by atoms with Gasteiger partial charge in [0.15, 0.2) is 5.69 Å². The second kappa shape index (κ2) is 6.70. The highest BCUT2D eigenvalue weighted by Gasteiger charge is 2.39. The maximum atomic E-state index is 12.9. The first-order valence-electron chi connectivity index (χ1n) is 7.38. The minimum absolute atomic E-state index is 0.0107. The van der Waals surface area contributed by atoms with Crippen molar-refractivity contribution < 1.29 is 23.1 Å². The van der Waals surface area contributed by atoms with E-state index in [0.717, 1.165) is 4.68 Å². The smallest absolute Gasteiger partial charge is 0.436 e. The van der Waals surface area contributed by atoms with Crippen LogP contribution in [0.15, 0.2) is 16.6 Å². The van der Waals surface area contributed by atoms with Crippen LogP contribution in [0.4, 0.5) is 18.9 Å². The van der Waals surface area contributed by atoms with Crippen molar-refractivity contribution in [2.75, 3.05) is 5.32 Å². The largest absolute Gasteiger partial charge is 0.508 e. The molecule has 2 rings (SSSR count). The number of anilines is 1. The normalized spacial score (nSPS) is 11.9. The number of nitrogens with zero attached hydrogens (tertiary/aromatic N) is 2. The molecule has 0 saturated carbocycles. The summed E-state index contributed by atoms with van der Waals surface area (Å²) in [5.74, 6) is -0.621. The lowest BCUT2D eigenvalue weighted by molar-refractivity contribution is -0.142. The molecular weight excluding hydrogens is 403 g/mol. The zero-order valence-corrected chi connectivity index (χ0v) is 15.6. The molecule has 0 aliphatic carbocycles. The Hall–Kier alpha value is -2.03. The van der Waals surface area contributed by atoms with E-state index in [2.05, 4.69) is 26.3 Å². The monoisotopic (exact) mass is 419 g/mol. The van der Waals surface area contributed by atoms with Gasteiger partial charge in [-0.2, -0.15) is 18.3 Å². The molecule has 1 amide bonds. The van der Waals surface area contributed by atoms with Crippen LogP contribution in [0.3, 0.4) is 0 Å². The molecule has 0 spiro atoms. The Morgan fingerprint density at radius 3 is 2.44 bits per heavy atom. The van der Waals surface area contributed by atoms with Gasteiger partial charge in [0, 0.05) is 12.7 Å². The van der Waals surface area contributed by atoms with E-state index < -0.39 is 22.3 Å². The maximum Gasteiger partial charge on any atom is 0.436 e. The zero-order chi connectivity index (χ0) is 19.1. The predicted molar refractivity (Wildman–Crippen MR) is 90.8 cm³/mol. The highest BCUT2D eigenvalue weighted by atomic mass is 79.9. The summed E-state index contributed by atoms with van der Waals surface area (Å²) in [5.41, 5.74) is 0.218. The van der Waals surface area contributed by atoms with Crippen LogP contribution < -0.4 is 5.32 Å². The van der Waals surface area contributed by atoms with Gasteiger partial charge in [0.2, 0.25) is 0 Å². The molecule has 25 heavy (non-hydrogen) atoms. The third kappa shape index (κ3) is 3.81. The number of phenolic OH excluding ortho intramolecular Hbond substituents is 1. The summed E-state index contributed by atoms with van der Waals surface area (Å²) in [7, 11) is 1.26. The number of benzene rings is 1. The lowest BCUT2D eigenvalue weighted by Gasteiger charge is -2.14. The fourth-order valence-corrected chi connectivity index (χ4v) is 3.15. The highest BCUT2D eigenvalue weighted by Crippen LogP contribution is 2.36. The van der Waals surface area contributed by atoms with Gasteiger partial charge in [0.25, 0.3) is 5.91 Å². The fourth-order valence-electron chi connectivity index (χ4n) is 2.41. The van der Waals surface area contributed by atoms with E-state index >= 15 is 0 Å². The molecule has 0 radical (unpaired) electrons. The summed E-state index contributed by atoms with van der Waals surface area (Å²) in [6.07, 6.45) is -4.67. The molecule has 2 N–H and O–H groups in total. The van der Waals surface area contributed by atoms with Crippen LogP contribution >= 0.6 is 15.9 Å². The average molecular weight is 420 g/mol. The number of carbonyl (C=O) groups is 1. The molecule has 0 aliphatic rings. The number of aryl methyl sites for hydroxylation is 2. The molecule has 0 fully saturated rings. The molecular formula is C16H17BrF3N3O2. The number of aromatic hydroxyl groups is 1. The van der Waals surface area contributed by atoms with Crippen LogP contribution in [0.25, 0.3) is 0 Å². The van der Waals surface area contributed by atoms with Crippen molar-refractivity contribution in [1.82, 2.24) is 9.78 Å². The number of nitrogens with one attached hydrogen (secondary N) is 1. The lowest BCUT2D eigenvalue weighted by atomic mass is 9.99. The third-order valence-electron chi connectivity index (χ3n) is 3.72. The molecule has 1 aromatic carbocycles. The Balaban J connectivity index is 2.42. The van der Waals surface area contributed by atoms with Crippen molar-refractivity contribution in [2.24, 2.45) is 7.05 Å². The van der Waals surface area contributed by atoms with Crippen molar-refractivity contribution in [3.63, 3.8) is 0 Å². The predicted octanol–water partition coefficient (Wildman–Crippen LogP) is 4.59. The van der Waals surface area contributed by atoms with Crippen molar-refractivity contribution in [2.45, 2.75) is 32.9 Å². The standard InChI is InChI=1S/C16H17BrF3N3O2/c1-7(2)9-6-10(8(3)5-11(9)24)21-15(25)13-12(17)14(16(18,19)20)22-23(13)4/h5-7,24H,1-4H3,(H,21,25). The van der Waals surface area contributed by atoms with Gasteiger partial charge in [0.05, 0.1) is 4.47 Å². The van der Waals surface area contributed by atoms with Crippen LogP contribution in [0.1, 0.15) is 47.1 Å². The number of aromatic nitrogens is 2. The lowest BCUT2D eigenvalue weighted by Crippen LogP contribution is -2.17. The fraction of sp³-hybridized carbons (Fsp3) is 0.375. The summed E-state index contributed by atoms with van der Waals surface area (Å²) in [4.78, 5) is 12.5. The molecule has 9 heteroatoms. The number of amides is 1. The molecule has 0 unspecified atom stereocenters. The van der Waals surface area contributed by atoms with Gasteiger partial charge in [-0.15, -0.1) is 0 Å². The SMILES string of the molecule is Cc1cc(O)c(C(C)C)cc1NC(=O)c1c(Br)c(C(F)(F)F)nn1C. The Kier molecular flexibility index (Phi) is 5.17. The van der Waals surface area contributed by atoms with Crippen LogP contribution in [0, 0.1) is 6.92 Å². The second-order valence-corrected chi connectivity index (χ2v) is 6.76. The molecule has 0 aliphatic heterocycles. The van der Waals surface area contributed by atoms with Crippen LogP contribution in [0.5, 0.6) is 5.75 Å².